The first-order valence-corrected chi connectivity index (χ1v) is 10.7. The van der Waals surface area contributed by atoms with Gasteiger partial charge in [0.2, 0.25) is 0 Å². The van der Waals surface area contributed by atoms with Gasteiger partial charge in [0.15, 0.2) is 11.0 Å². The summed E-state index contributed by atoms with van der Waals surface area (Å²) >= 11 is 1.28. The highest BCUT2D eigenvalue weighted by Crippen LogP contribution is 2.29. The van der Waals surface area contributed by atoms with Crippen LogP contribution in [0, 0.1) is 5.82 Å². The van der Waals surface area contributed by atoms with E-state index in [0.717, 1.165) is 24.6 Å². The number of ether oxygens (including phenoxy) is 1. The maximum Gasteiger partial charge on any atom is 0.316 e. The number of halogens is 1. The lowest BCUT2D eigenvalue weighted by molar-refractivity contribution is -0.144. The number of carbonyl (C=O) groups is 1. The van der Waals surface area contributed by atoms with E-state index in [1.54, 1.807) is 12.1 Å². The van der Waals surface area contributed by atoms with Crippen molar-refractivity contribution in [3.8, 4) is 5.69 Å². The van der Waals surface area contributed by atoms with Crippen LogP contribution in [-0.4, -0.2) is 50.6 Å². The van der Waals surface area contributed by atoms with Gasteiger partial charge in [-0.2, -0.15) is 0 Å². The molecule has 0 saturated carbocycles. The number of likely N-dealkylation sites (tertiary alicyclic amines) is 1. The number of hydrogen-bond acceptors (Lipinski definition) is 6. The Morgan fingerprint density at radius 2 is 1.82 bits per heavy atom. The summed E-state index contributed by atoms with van der Waals surface area (Å²) in [5.41, 5.74) is 0.782. The smallest absolute Gasteiger partial charge is 0.316 e. The molecule has 0 N–H and O–H groups in total. The fraction of sp³-hybridized carbons (Fsp3) is 0.550. The summed E-state index contributed by atoms with van der Waals surface area (Å²) in [7, 11) is 0. The second-order valence-corrected chi connectivity index (χ2v) is 8.19. The molecule has 0 radical (unpaired) electrons. The summed E-state index contributed by atoms with van der Waals surface area (Å²) in [4.78, 5) is 14.3. The van der Waals surface area contributed by atoms with Crippen LogP contribution in [0.1, 0.15) is 51.9 Å². The summed E-state index contributed by atoms with van der Waals surface area (Å²) < 4.78 is 20.6. The van der Waals surface area contributed by atoms with Gasteiger partial charge in [-0.25, -0.2) is 4.39 Å². The fourth-order valence-corrected chi connectivity index (χ4v) is 4.11. The molecule has 2 aromatic rings. The van der Waals surface area contributed by atoms with Crippen molar-refractivity contribution in [3.63, 3.8) is 0 Å². The first kappa shape index (κ1) is 20.8. The SMILES string of the molecule is CC(C)OC(=O)CSc1nnc(C(C)N2CCCCC2)n1-c1ccc(F)cc1. The van der Waals surface area contributed by atoms with Crippen LogP contribution >= 0.6 is 11.8 Å². The van der Waals surface area contributed by atoms with Gasteiger partial charge in [0.25, 0.3) is 0 Å². The van der Waals surface area contributed by atoms with E-state index in [0.29, 0.717) is 5.16 Å². The maximum absolute atomic E-state index is 13.4. The van der Waals surface area contributed by atoms with E-state index in [4.69, 9.17) is 4.74 Å². The minimum atomic E-state index is -0.294. The average molecular weight is 407 g/mol. The van der Waals surface area contributed by atoms with Crippen molar-refractivity contribution in [3.05, 3.63) is 35.9 Å². The molecule has 1 aromatic heterocycles. The highest BCUT2D eigenvalue weighted by atomic mass is 32.2. The predicted molar refractivity (Wildman–Crippen MR) is 107 cm³/mol. The molecule has 1 fully saturated rings. The number of aromatic nitrogens is 3. The predicted octanol–water partition coefficient (Wildman–Crippen LogP) is 4.00. The maximum atomic E-state index is 13.4. The van der Waals surface area contributed by atoms with Gasteiger partial charge in [-0.05, 0) is 71.0 Å². The normalized spacial score (nSPS) is 16.3. The van der Waals surface area contributed by atoms with Crippen LogP contribution in [0.15, 0.2) is 29.4 Å². The lowest BCUT2D eigenvalue weighted by Crippen LogP contribution is -2.33. The van der Waals surface area contributed by atoms with E-state index >= 15 is 0 Å². The molecule has 1 atom stereocenters. The Morgan fingerprint density at radius 1 is 1.14 bits per heavy atom. The van der Waals surface area contributed by atoms with Gasteiger partial charge in [-0.1, -0.05) is 18.2 Å². The molecule has 28 heavy (non-hydrogen) atoms. The van der Waals surface area contributed by atoms with Gasteiger partial charge >= 0.3 is 5.97 Å². The lowest BCUT2D eigenvalue weighted by Gasteiger charge is -2.31. The quantitative estimate of drug-likeness (QED) is 0.512. The number of rotatable bonds is 7. The average Bonchev–Trinajstić information content (AvgIpc) is 3.10. The second-order valence-electron chi connectivity index (χ2n) is 7.25. The molecule has 152 valence electrons. The number of thioether (sulfide) groups is 1. The molecular weight excluding hydrogens is 379 g/mol. The number of nitrogens with zero attached hydrogens (tertiary/aromatic N) is 4. The molecule has 6 nitrogen and oxygen atoms in total. The molecular formula is C20H27FN4O2S. The van der Waals surface area contributed by atoms with Gasteiger partial charge in [-0.15, -0.1) is 10.2 Å². The van der Waals surface area contributed by atoms with Crippen molar-refractivity contribution in [1.29, 1.82) is 0 Å². The Morgan fingerprint density at radius 3 is 2.46 bits per heavy atom. The third-order valence-corrected chi connectivity index (χ3v) is 5.64. The molecule has 0 bridgehead atoms. The van der Waals surface area contributed by atoms with E-state index in [9.17, 15) is 9.18 Å². The highest BCUT2D eigenvalue weighted by molar-refractivity contribution is 7.99. The second kappa shape index (κ2) is 9.52. The Hall–Kier alpha value is -1.93. The van der Waals surface area contributed by atoms with Gasteiger partial charge < -0.3 is 4.74 Å². The lowest BCUT2D eigenvalue weighted by atomic mass is 10.1. The van der Waals surface area contributed by atoms with Gasteiger partial charge in [0.1, 0.15) is 5.82 Å². The molecule has 1 aromatic carbocycles. The van der Waals surface area contributed by atoms with Gasteiger partial charge in [-0.3, -0.25) is 14.3 Å². The van der Waals surface area contributed by atoms with E-state index < -0.39 is 0 Å². The number of benzene rings is 1. The molecule has 3 rings (SSSR count). The monoisotopic (exact) mass is 406 g/mol. The zero-order valence-corrected chi connectivity index (χ0v) is 17.4. The van der Waals surface area contributed by atoms with Crippen molar-refractivity contribution in [2.24, 2.45) is 0 Å². The first-order valence-electron chi connectivity index (χ1n) is 9.73. The van der Waals surface area contributed by atoms with Gasteiger partial charge in [0, 0.05) is 5.69 Å². The summed E-state index contributed by atoms with van der Waals surface area (Å²) in [5.74, 6) is 0.361. The Kier molecular flexibility index (Phi) is 7.07. The third kappa shape index (κ3) is 5.11. The van der Waals surface area contributed by atoms with Crippen LogP contribution in [-0.2, 0) is 9.53 Å². The van der Waals surface area contributed by atoms with Crippen LogP contribution in [0.25, 0.3) is 5.69 Å². The zero-order chi connectivity index (χ0) is 20.1. The summed E-state index contributed by atoms with van der Waals surface area (Å²) in [6.45, 7) is 7.82. The Balaban J connectivity index is 1.88. The highest BCUT2D eigenvalue weighted by Gasteiger charge is 2.26. The molecule has 8 heteroatoms. The molecule has 0 spiro atoms. The minimum absolute atomic E-state index is 0.0785. The number of hydrogen-bond donors (Lipinski definition) is 0. The number of esters is 1. The van der Waals surface area contributed by atoms with Crippen molar-refractivity contribution < 1.29 is 13.9 Å². The van der Waals surface area contributed by atoms with E-state index in [2.05, 4.69) is 22.0 Å². The molecule has 1 aliphatic heterocycles. The number of piperidine rings is 1. The number of carbonyl (C=O) groups excluding carboxylic acids is 1. The van der Waals surface area contributed by atoms with E-state index in [-0.39, 0.29) is 29.7 Å². The third-order valence-electron chi connectivity index (χ3n) is 4.74. The van der Waals surface area contributed by atoms with Crippen molar-refractivity contribution >= 4 is 17.7 Å². The Labute approximate surface area is 169 Å². The van der Waals surface area contributed by atoms with Crippen molar-refractivity contribution in [2.75, 3.05) is 18.8 Å². The molecule has 0 amide bonds. The van der Waals surface area contributed by atoms with E-state index in [1.165, 1.54) is 43.2 Å². The van der Waals surface area contributed by atoms with Crippen molar-refractivity contribution in [2.45, 2.75) is 57.3 Å². The summed E-state index contributed by atoms with van der Waals surface area (Å²) in [5, 5.41) is 9.37. The molecule has 1 aliphatic rings. The minimum Gasteiger partial charge on any atom is -0.462 e. The summed E-state index contributed by atoms with van der Waals surface area (Å²) in [6.07, 6.45) is 3.46. The topological polar surface area (TPSA) is 60.2 Å². The molecule has 1 saturated heterocycles. The van der Waals surface area contributed by atoms with Crippen LogP contribution < -0.4 is 0 Å². The van der Waals surface area contributed by atoms with Crippen LogP contribution in [0.5, 0.6) is 0 Å². The standard InChI is InChI=1S/C20H27FN4O2S/c1-14(2)27-18(26)13-28-20-23-22-19(15(3)24-11-5-4-6-12-24)25(20)17-9-7-16(21)8-10-17/h7-10,14-15H,4-6,11-13H2,1-3H3. The van der Waals surface area contributed by atoms with Crippen molar-refractivity contribution in [1.82, 2.24) is 19.7 Å². The fourth-order valence-electron chi connectivity index (χ4n) is 3.37. The van der Waals surface area contributed by atoms with E-state index in [1.807, 2.05) is 18.4 Å². The summed E-state index contributed by atoms with van der Waals surface area (Å²) in [6, 6.07) is 6.34. The molecule has 2 heterocycles. The van der Waals surface area contributed by atoms with Crippen LogP contribution in [0.2, 0.25) is 0 Å². The molecule has 1 unspecified atom stereocenters. The van der Waals surface area contributed by atoms with Crippen LogP contribution in [0.3, 0.4) is 0 Å². The van der Waals surface area contributed by atoms with Crippen LogP contribution in [0.4, 0.5) is 4.39 Å². The molecule has 0 aliphatic carbocycles. The Bertz CT molecular complexity index is 788. The van der Waals surface area contributed by atoms with Gasteiger partial charge in [0.05, 0.1) is 17.9 Å². The largest absolute Gasteiger partial charge is 0.462 e. The first-order chi connectivity index (χ1) is 13.5. The zero-order valence-electron chi connectivity index (χ0n) is 16.6.